The molecule has 69 heavy (non-hydrogen) atoms. The van der Waals surface area contributed by atoms with Gasteiger partial charge >= 0.3 is 19.1 Å². The third-order valence-electron chi connectivity index (χ3n) is 13.2. The summed E-state index contributed by atoms with van der Waals surface area (Å²) >= 11 is 0. The van der Waals surface area contributed by atoms with Crippen molar-refractivity contribution in [2.24, 2.45) is 4.99 Å². The van der Waals surface area contributed by atoms with Gasteiger partial charge in [-0.3, -0.25) is 0 Å². The lowest BCUT2D eigenvalue weighted by molar-refractivity contribution is -0.290. The van der Waals surface area contributed by atoms with Crippen LogP contribution in [-0.4, -0.2) is 35.9 Å². The van der Waals surface area contributed by atoms with E-state index in [9.17, 15) is 13.2 Å². The van der Waals surface area contributed by atoms with Gasteiger partial charge in [0, 0.05) is 28.1 Å². The maximum Gasteiger partial charge on any atom is 0.456 e. The molecule has 0 atom stereocenters. The Bertz CT molecular complexity index is 2890. The molecule has 7 rings (SSSR count). The van der Waals surface area contributed by atoms with Crippen LogP contribution in [0.4, 0.5) is 22.0 Å². The van der Waals surface area contributed by atoms with Crippen LogP contribution in [0.2, 0.25) is 0 Å². The third-order valence-corrected chi connectivity index (χ3v) is 13.2. The van der Waals surface area contributed by atoms with Crippen LogP contribution in [0.1, 0.15) is 135 Å². The highest BCUT2D eigenvalue weighted by molar-refractivity contribution is 6.66. The summed E-state index contributed by atoms with van der Waals surface area (Å²) in [5.41, 5.74) is 13.5. The zero-order chi connectivity index (χ0) is 50.6. The van der Waals surface area contributed by atoms with Gasteiger partial charge in [0.2, 0.25) is 0 Å². The molecule has 0 N–H and O–H groups in total. The molecule has 5 aromatic carbocycles. The summed E-state index contributed by atoms with van der Waals surface area (Å²) in [6.45, 7) is 27.8. The van der Waals surface area contributed by atoms with Crippen LogP contribution >= 0.6 is 0 Å². The largest absolute Gasteiger partial charge is 0.456 e. The van der Waals surface area contributed by atoms with Crippen molar-refractivity contribution < 1.29 is 26.6 Å². The Hall–Kier alpha value is -5.80. The lowest BCUT2D eigenvalue weighted by atomic mass is 9.71. The Morgan fingerprint density at radius 1 is 0.536 bits per heavy atom. The molecule has 0 fully saturated rings. The standard InChI is InChI=1S/C60H66BF5N2O/c1-38-15-33-48(34-16-38)61(69-37-59(62,63)60(64,65)66)68-52(43-23-31-47(32-24-43)58(12,13)14)36-50(41-19-27-45(28-20-41)56(6,7)8)54(68)39(2)53-49(40-17-25-44(26-18-40)55(3,4)5)35-51(67-53)42-21-29-46(30-22-42)57(9,10)11/h15-36H,37H2,1-14H3/b53-39-. The molecule has 1 aliphatic rings. The molecule has 0 saturated heterocycles. The second-order valence-electron chi connectivity index (χ2n) is 22.8. The van der Waals surface area contributed by atoms with Gasteiger partial charge in [-0.25, -0.2) is 4.99 Å². The molecule has 0 saturated carbocycles. The molecule has 0 radical (unpaired) electrons. The van der Waals surface area contributed by atoms with E-state index in [2.05, 4.69) is 162 Å². The average Bonchev–Trinajstić information content (AvgIpc) is 3.89. The van der Waals surface area contributed by atoms with E-state index in [1.807, 2.05) is 60.8 Å². The minimum atomic E-state index is -5.84. The van der Waals surface area contributed by atoms with Gasteiger partial charge in [-0.1, -0.05) is 210 Å². The molecule has 3 nitrogen and oxygen atoms in total. The van der Waals surface area contributed by atoms with Gasteiger partial charge in [-0.05, 0) is 97.6 Å². The van der Waals surface area contributed by atoms with Crippen LogP contribution in [0.3, 0.4) is 0 Å². The number of rotatable bonds is 10. The smallest absolute Gasteiger partial charge is 0.406 e. The molecule has 0 spiro atoms. The fraction of sp³-hybridized carbons (Fsp3) is 0.350. The Kier molecular flexibility index (Phi) is 13.7. The first kappa shape index (κ1) is 51.1. The summed E-state index contributed by atoms with van der Waals surface area (Å²) in [6.07, 6.45) is -3.75. The predicted molar refractivity (Wildman–Crippen MR) is 279 cm³/mol. The molecule has 1 aliphatic heterocycles. The molecular weight excluding hydrogens is 870 g/mol. The van der Waals surface area contributed by atoms with E-state index in [0.29, 0.717) is 28.1 Å². The number of benzene rings is 5. The molecule has 9 heteroatoms. The number of aromatic nitrogens is 1. The quantitative estimate of drug-likeness (QED) is 0.0993. The Morgan fingerprint density at radius 3 is 1.36 bits per heavy atom. The molecular formula is C60H66BF5N2O. The highest BCUT2D eigenvalue weighted by Crippen LogP contribution is 2.44. The zero-order valence-electron chi connectivity index (χ0n) is 42.7. The number of hydrogen-bond donors (Lipinski definition) is 0. The average molecular weight is 937 g/mol. The van der Waals surface area contributed by atoms with E-state index in [-0.39, 0.29) is 21.7 Å². The van der Waals surface area contributed by atoms with E-state index < -0.39 is 25.8 Å². The topological polar surface area (TPSA) is 26.5 Å². The maximum absolute atomic E-state index is 15.2. The number of alkyl halides is 5. The lowest BCUT2D eigenvalue weighted by Gasteiger charge is -2.27. The SMILES string of the molecule is C/C(=C1/N=C(c2ccc(C(C)(C)C)cc2)C=C1c1ccc(C(C)(C)C)cc1)c1c(-c2ccc(C(C)(C)C)cc2)cc(-c2ccc(C(C)(C)C)cc2)n1B(OCC(F)(F)C(F)(F)F)c1ccc(C)cc1. The van der Waals surface area contributed by atoms with Crippen LogP contribution in [0, 0.1) is 6.92 Å². The summed E-state index contributed by atoms with van der Waals surface area (Å²) in [4.78, 5) is 5.44. The van der Waals surface area contributed by atoms with Crippen molar-refractivity contribution in [2.45, 2.75) is 131 Å². The van der Waals surface area contributed by atoms with Crippen molar-refractivity contribution in [2.75, 3.05) is 6.61 Å². The van der Waals surface area contributed by atoms with E-state index in [4.69, 9.17) is 9.65 Å². The Labute approximate surface area is 407 Å². The normalized spacial score (nSPS) is 14.8. The summed E-state index contributed by atoms with van der Waals surface area (Å²) in [6, 6.07) is 42.3. The van der Waals surface area contributed by atoms with Gasteiger partial charge < -0.3 is 9.13 Å². The third kappa shape index (κ3) is 11.0. The highest BCUT2D eigenvalue weighted by atomic mass is 19.4. The highest BCUT2D eigenvalue weighted by Gasteiger charge is 2.58. The summed E-state index contributed by atoms with van der Waals surface area (Å²) < 4.78 is 80.5. The van der Waals surface area contributed by atoms with Crippen molar-refractivity contribution in [3.8, 4) is 22.4 Å². The molecule has 2 heterocycles. The molecule has 6 aromatic rings. The number of aryl methyl sites for hydroxylation is 1. The van der Waals surface area contributed by atoms with Gasteiger partial charge in [0.05, 0.1) is 11.4 Å². The Morgan fingerprint density at radius 2 is 0.942 bits per heavy atom. The van der Waals surface area contributed by atoms with Crippen LogP contribution in [0.5, 0.6) is 0 Å². The Balaban J connectivity index is 1.60. The first-order valence-electron chi connectivity index (χ1n) is 23.8. The van der Waals surface area contributed by atoms with Crippen LogP contribution in [0.25, 0.3) is 33.5 Å². The predicted octanol–water partition coefficient (Wildman–Crippen LogP) is 16.1. The molecule has 0 bridgehead atoms. The van der Waals surface area contributed by atoms with Crippen molar-refractivity contribution in [1.29, 1.82) is 0 Å². The second kappa shape index (κ2) is 18.5. The molecule has 0 amide bonds. The fourth-order valence-corrected chi connectivity index (χ4v) is 8.68. The molecule has 1 aromatic heterocycles. The molecule has 360 valence electrons. The van der Waals surface area contributed by atoms with Crippen molar-refractivity contribution in [3.63, 3.8) is 0 Å². The fourth-order valence-electron chi connectivity index (χ4n) is 8.68. The molecule has 0 unspecified atom stereocenters. The van der Waals surface area contributed by atoms with E-state index >= 15 is 8.78 Å². The first-order chi connectivity index (χ1) is 31.9. The van der Waals surface area contributed by atoms with Crippen molar-refractivity contribution >= 4 is 29.4 Å². The zero-order valence-corrected chi connectivity index (χ0v) is 42.7. The number of nitrogens with zero attached hydrogens (tertiary/aromatic N) is 2. The van der Waals surface area contributed by atoms with E-state index in [1.165, 1.54) is 5.56 Å². The van der Waals surface area contributed by atoms with Gasteiger partial charge in [-0.15, -0.1) is 0 Å². The second-order valence-corrected chi connectivity index (χ2v) is 22.8. The first-order valence-corrected chi connectivity index (χ1v) is 23.8. The summed E-state index contributed by atoms with van der Waals surface area (Å²) in [5.74, 6) is -5.14. The van der Waals surface area contributed by atoms with Crippen molar-refractivity contribution in [3.05, 3.63) is 184 Å². The summed E-state index contributed by atoms with van der Waals surface area (Å²) in [7, 11) is -1.45. The van der Waals surface area contributed by atoms with Crippen LogP contribution < -0.4 is 5.46 Å². The van der Waals surface area contributed by atoms with E-state index in [1.54, 1.807) is 12.1 Å². The van der Waals surface area contributed by atoms with Gasteiger partial charge in [0.25, 0.3) is 0 Å². The van der Waals surface area contributed by atoms with E-state index in [0.717, 1.165) is 61.4 Å². The monoisotopic (exact) mass is 937 g/mol. The number of aliphatic imine (C=N–C) groups is 1. The minimum absolute atomic E-state index is 0.0642. The number of allylic oxidation sites excluding steroid dienone is 3. The number of halogens is 5. The summed E-state index contributed by atoms with van der Waals surface area (Å²) in [5, 5.41) is 0. The van der Waals surface area contributed by atoms with Gasteiger partial charge in [0.15, 0.2) is 0 Å². The maximum atomic E-state index is 15.2. The lowest BCUT2D eigenvalue weighted by Crippen LogP contribution is -2.48. The van der Waals surface area contributed by atoms with Gasteiger partial charge in [0.1, 0.15) is 6.61 Å². The molecule has 0 aliphatic carbocycles. The minimum Gasteiger partial charge on any atom is -0.406 e. The van der Waals surface area contributed by atoms with Gasteiger partial charge in [-0.2, -0.15) is 22.0 Å². The van der Waals surface area contributed by atoms with Crippen LogP contribution in [0.15, 0.2) is 144 Å². The van der Waals surface area contributed by atoms with Crippen LogP contribution in [-0.2, 0) is 26.3 Å². The number of hydrogen-bond acceptors (Lipinski definition) is 2. The van der Waals surface area contributed by atoms with Crippen molar-refractivity contribution in [1.82, 2.24) is 4.48 Å².